The van der Waals surface area contributed by atoms with Crippen molar-refractivity contribution in [3.8, 4) is 5.75 Å². The van der Waals surface area contributed by atoms with Crippen molar-refractivity contribution in [1.29, 1.82) is 0 Å². The van der Waals surface area contributed by atoms with Crippen molar-refractivity contribution in [2.24, 2.45) is 0 Å². The van der Waals surface area contributed by atoms with Crippen LogP contribution in [0.25, 0.3) is 5.70 Å². The average Bonchev–Trinajstić information content (AvgIpc) is 2.72. The molecule has 0 bridgehead atoms. The smallest absolute Gasteiger partial charge is 0.341 e. The second-order valence-corrected chi connectivity index (χ2v) is 6.16. The summed E-state index contributed by atoms with van der Waals surface area (Å²) in [5.41, 5.74) is 1.96. The molecular formula is C21H20N2O6. The number of nitrogens with one attached hydrogen (secondary N) is 2. The summed E-state index contributed by atoms with van der Waals surface area (Å²) in [4.78, 5) is 35.7. The number of carboxylic acids is 1. The fourth-order valence-electron chi connectivity index (χ4n) is 2.98. The van der Waals surface area contributed by atoms with E-state index < -0.39 is 30.6 Å². The first kappa shape index (κ1) is 19.9. The molecule has 0 aromatic heterocycles. The third-order valence-electron chi connectivity index (χ3n) is 4.21. The van der Waals surface area contributed by atoms with E-state index in [2.05, 4.69) is 10.6 Å². The minimum atomic E-state index is -1.08. The van der Waals surface area contributed by atoms with Crippen LogP contribution in [-0.2, 0) is 14.3 Å². The Balaban J connectivity index is 2.02. The standard InChI is InChI=1S/C21H20N2O6/c1-2-28-20(26)17-18(13-6-4-3-5-7-13)22-21(27)23-19(17)14-8-10-15(11-9-14)29-12-16(24)25/h3-11,19H,2,12H2,1H3,(H,24,25)(H2,22,23,27)/t19-/m0/s1. The molecule has 2 aromatic rings. The van der Waals surface area contributed by atoms with Gasteiger partial charge in [-0.15, -0.1) is 0 Å². The summed E-state index contributed by atoms with van der Waals surface area (Å²) in [6.45, 7) is 1.43. The Hall–Kier alpha value is -3.81. The molecule has 3 rings (SSSR count). The molecule has 0 saturated heterocycles. The van der Waals surface area contributed by atoms with Gasteiger partial charge >= 0.3 is 18.0 Å². The fourth-order valence-corrected chi connectivity index (χ4v) is 2.98. The third kappa shape index (κ3) is 4.73. The number of hydrogen-bond donors (Lipinski definition) is 3. The zero-order valence-corrected chi connectivity index (χ0v) is 15.7. The van der Waals surface area contributed by atoms with Gasteiger partial charge in [-0.05, 0) is 30.2 Å². The Morgan fingerprint density at radius 2 is 1.76 bits per heavy atom. The lowest BCUT2D eigenvalue weighted by molar-refractivity contribution is -0.140. The lowest BCUT2D eigenvalue weighted by Crippen LogP contribution is -2.45. The van der Waals surface area contributed by atoms with Crippen LogP contribution in [0, 0.1) is 0 Å². The van der Waals surface area contributed by atoms with Crippen molar-refractivity contribution in [2.75, 3.05) is 13.2 Å². The minimum Gasteiger partial charge on any atom is -0.482 e. The van der Waals surface area contributed by atoms with E-state index in [0.717, 1.165) is 0 Å². The van der Waals surface area contributed by atoms with Gasteiger partial charge < -0.3 is 25.2 Å². The predicted octanol–water partition coefficient (Wildman–Crippen LogP) is 2.48. The summed E-state index contributed by atoms with van der Waals surface area (Å²) >= 11 is 0. The van der Waals surface area contributed by atoms with Gasteiger partial charge in [0.1, 0.15) is 5.75 Å². The van der Waals surface area contributed by atoms with Crippen LogP contribution in [-0.4, -0.2) is 36.3 Å². The molecule has 0 fully saturated rings. The molecular weight excluding hydrogens is 376 g/mol. The highest BCUT2D eigenvalue weighted by atomic mass is 16.5. The number of carbonyl (C=O) groups is 3. The number of esters is 1. The highest BCUT2D eigenvalue weighted by Gasteiger charge is 2.34. The Morgan fingerprint density at radius 1 is 1.07 bits per heavy atom. The molecule has 1 atom stereocenters. The van der Waals surface area contributed by atoms with E-state index in [1.807, 2.05) is 18.2 Å². The topological polar surface area (TPSA) is 114 Å². The number of urea groups is 1. The van der Waals surface area contributed by atoms with Crippen LogP contribution in [0.2, 0.25) is 0 Å². The number of rotatable bonds is 7. The number of amides is 2. The largest absolute Gasteiger partial charge is 0.482 e. The molecule has 3 N–H and O–H groups in total. The summed E-state index contributed by atoms with van der Waals surface area (Å²) in [6, 6.07) is 14.3. The van der Waals surface area contributed by atoms with Gasteiger partial charge in [0.25, 0.3) is 0 Å². The monoisotopic (exact) mass is 396 g/mol. The highest BCUT2D eigenvalue weighted by Crippen LogP contribution is 2.32. The zero-order valence-electron chi connectivity index (χ0n) is 15.7. The molecule has 2 aromatic carbocycles. The first-order valence-electron chi connectivity index (χ1n) is 8.98. The summed E-state index contributed by atoms with van der Waals surface area (Å²) in [5.74, 6) is -1.27. The molecule has 1 heterocycles. The Kier molecular flexibility index (Phi) is 6.13. The van der Waals surface area contributed by atoms with Crippen LogP contribution < -0.4 is 15.4 Å². The van der Waals surface area contributed by atoms with Crippen molar-refractivity contribution in [1.82, 2.24) is 10.6 Å². The van der Waals surface area contributed by atoms with Crippen LogP contribution in [0.15, 0.2) is 60.2 Å². The molecule has 8 heteroatoms. The summed E-state index contributed by atoms with van der Waals surface area (Å²) in [6.07, 6.45) is 0. The van der Waals surface area contributed by atoms with E-state index in [0.29, 0.717) is 22.6 Å². The lowest BCUT2D eigenvalue weighted by atomic mass is 9.92. The number of aliphatic carboxylic acids is 1. The second-order valence-electron chi connectivity index (χ2n) is 6.16. The van der Waals surface area contributed by atoms with E-state index in [9.17, 15) is 14.4 Å². The maximum Gasteiger partial charge on any atom is 0.341 e. The number of carboxylic acid groups (broad SMARTS) is 1. The van der Waals surface area contributed by atoms with Crippen molar-refractivity contribution in [3.63, 3.8) is 0 Å². The number of benzene rings is 2. The first-order chi connectivity index (χ1) is 14.0. The van der Waals surface area contributed by atoms with Crippen LogP contribution in [0.5, 0.6) is 5.75 Å². The molecule has 1 aliphatic rings. The van der Waals surface area contributed by atoms with Crippen molar-refractivity contribution in [3.05, 3.63) is 71.3 Å². The summed E-state index contributed by atoms with van der Waals surface area (Å²) < 4.78 is 10.4. The molecule has 0 radical (unpaired) electrons. The van der Waals surface area contributed by atoms with Gasteiger partial charge in [-0.2, -0.15) is 0 Å². The maximum absolute atomic E-state index is 12.8. The molecule has 1 aliphatic heterocycles. The van der Waals surface area contributed by atoms with Gasteiger partial charge in [0.15, 0.2) is 6.61 Å². The normalized spacial score (nSPS) is 15.9. The lowest BCUT2D eigenvalue weighted by Gasteiger charge is -2.29. The molecule has 0 saturated carbocycles. The molecule has 2 amide bonds. The quantitative estimate of drug-likeness (QED) is 0.620. The van der Waals surface area contributed by atoms with E-state index in [1.165, 1.54) is 0 Å². The van der Waals surface area contributed by atoms with E-state index >= 15 is 0 Å². The number of hydrogen-bond acceptors (Lipinski definition) is 5. The first-order valence-corrected chi connectivity index (χ1v) is 8.98. The molecule has 29 heavy (non-hydrogen) atoms. The third-order valence-corrected chi connectivity index (χ3v) is 4.21. The van der Waals surface area contributed by atoms with Crippen molar-refractivity contribution >= 4 is 23.7 Å². The fraction of sp³-hybridized carbons (Fsp3) is 0.190. The molecule has 0 aliphatic carbocycles. The molecule has 0 spiro atoms. The van der Waals surface area contributed by atoms with Gasteiger partial charge in [-0.25, -0.2) is 14.4 Å². The zero-order chi connectivity index (χ0) is 20.8. The number of carbonyl (C=O) groups excluding carboxylic acids is 2. The Labute approximate surface area is 167 Å². The molecule has 8 nitrogen and oxygen atoms in total. The van der Waals surface area contributed by atoms with E-state index in [4.69, 9.17) is 14.6 Å². The SMILES string of the molecule is CCOC(=O)C1=C(c2ccccc2)NC(=O)N[C@H]1c1ccc(OCC(=O)O)cc1. The number of ether oxygens (including phenoxy) is 2. The molecule has 0 unspecified atom stereocenters. The van der Waals surface area contributed by atoms with Crippen LogP contribution in [0.4, 0.5) is 4.79 Å². The van der Waals surface area contributed by atoms with Crippen molar-refractivity contribution < 1.29 is 29.0 Å². The summed E-state index contributed by atoms with van der Waals surface area (Å²) in [5, 5.41) is 14.2. The molecule has 150 valence electrons. The van der Waals surface area contributed by atoms with Crippen LogP contribution in [0.3, 0.4) is 0 Å². The second kappa shape index (κ2) is 8.92. The maximum atomic E-state index is 12.8. The Bertz CT molecular complexity index is 937. The Morgan fingerprint density at radius 3 is 2.38 bits per heavy atom. The van der Waals surface area contributed by atoms with Crippen LogP contribution in [0.1, 0.15) is 24.1 Å². The van der Waals surface area contributed by atoms with Gasteiger partial charge in [0.2, 0.25) is 0 Å². The average molecular weight is 396 g/mol. The summed E-state index contributed by atoms with van der Waals surface area (Å²) in [7, 11) is 0. The van der Waals surface area contributed by atoms with Gasteiger partial charge in [-0.3, -0.25) is 0 Å². The van der Waals surface area contributed by atoms with Gasteiger partial charge in [0.05, 0.1) is 23.9 Å². The predicted molar refractivity (Wildman–Crippen MR) is 104 cm³/mol. The van der Waals surface area contributed by atoms with Crippen molar-refractivity contribution in [2.45, 2.75) is 13.0 Å². The van der Waals surface area contributed by atoms with E-state index in [1.54, 1.807) is 43.3 Å². The highest BCUT2D eigenvalue weighted by molar-refractivity contribution is 6.04. The minimum absolute atomic E-state index is 0.188. The van der Waals surface area contributed by atoms with Gasteiger partial charge in [0, 0.05) is 0 Å². The van der Waals surface area contributed by atoms with E-state index in [-0.39, 0.29) is 12.2 Å². The van der Waals surface area contributed by atoms with Crippen LogP contribution >= 0.6 is 0 Å². The van der Waals surface area contributed by atoms with Gasteiger partial charge in [-0.1, -0.05) is 42.5 Å².